The van der Waals surface area contributed by atoms with Gasteiger partial charge in [-0.2, -0.15) is 31.6 Å². The highest BCUT2D eigenvalue weighted by Gasteiger charge is 2.34. The van der Waals surface area contributed by atoms with E-state index >= 15 is 0 Å². The van der Waals surface area contributed by atoms with Gasteiger partial charge in [-0.15, -0.1) is 0 Å². The monoisotopic (exact) mass is 650 g/mol. The molecular weight excluding hydrogens is 633 g/mol. The first-order valence-electron chi connectivity index (χ1n) is 12.0. The number of nitrogens with zero attached hydrogens (tertiary/aromatic N) is 8. The maximum atomic E-state index is 13.2. The van der Waals surface area contributed by atoms with E-state index in [1.807, 2.05) is 0 Å². The van der Waals surface area contributed by atoms with Crippen LogP contribution in [0, 0.1) is 11.3 Å². The minimum Gasteiger partial charge on any atom is -0.352 e. The Labute approximate surface area is 247 Å². The van der Waals surface area contributed by atoms with Gasteiger partial charge in [0.2, 0.25) is 5.91 Å². The smallest absolute Gasteiger partial charge is 0.352 e. The average molecular weight is 651 g/mol. The Bertz CT molecular complexity index is 1730. The Hall–Kier alpha value is -4.30. The minimum absolute atomic E-state index is 0.0315. The molecule has 3 aromatic rings. The number of anilines is 2. The van der Waals surface area contributed by atoms with Crippen LogP contribution in [0.4, 0.5) is 38.0 Å². The van der Waals surface area contributed by atoms with Crippen LogP contribution in [-0.2, 0) is 23.7 Å². The van der Waals surface area contributed by atoms with Gasteiger partial charge in [0.05, 0.1) is 27.4 Å². The number of pyridine rings is 2. The van der Waals surface area contributed by atoms with Crippen LogP contribution in [0.15, 0.2) is 40.3 Å². The summed E-state index contributed by atoms with van der Waals surface area (Å²) in [5.41, 5.74) is -4.93. The molecule has 4 heterocycles. The zero-order valence-electron chi connectivity index (χ0n) is 21.7. The van der Waals surface area contributed by atoms with Crippen LogP contribution in [0.5, 0.6) is 0 Å². The van der Waals surface area contributed by atoms with Crippen LogP contribution in [0.1, 0.15) is 16.7 Å². The molecule has 3 aromatic heterocycles. The Morgan fingerprint density at radius 3 is 2.05 bits per heavy atom. The summed E-state index contributed by atoms with van der Waals surface area (Å²) in [5.74, 6) is -0.926. The van der Waals surface area contributed by atoms with Crippen LogP contribution in [0.3, 0.4) is 0 Å². The molecule has 0 bridgehead atoms. The fourth-order valence-corrected chi connectivity index (χ4v) is 4.74. The fourth-order valence-electron chi connectivity index (χ4n) is 4.17. The van der Waals surface area contributed by atoms with Crippen molar-refractivity contribution in [2.24, 2.45) is 0 Å². The second kappa shape index (κ2) is 11.8. The minimum atomic E-state index is -4.74. The van der Waals surface area contributed by atoms with Crippen LogP contribution in [-0.4, -0.2) is 63.2 Å². The van der Waals surface area contributed by atoms with E-state index in [0.29, 0.717) is 27.7 Å². The first-order valence-corrected chi connectivity index (χ1v) is 12.8. The van der Waals surface area contributed by atoms with Gasteiger partial charge in [0.1, 0.15) is 24.0 Å². The summed E-state index contributed by atoms with van der Waals surface area (Å²) in [4.78, 5) is 49.4. The second-order valence-electron chi connectivity index (χ2n) is 9.12. The van der Waals surface area contributed by atoms with Crippen molar-refractivity contribution < 1.29 is 31.1 Å². The normalized spacial score (nSPS) is 14.0. The quantitative estimate of drug-likeness (QED) is 0.386. The third kappa shape index (κ3) is 6.54. The summed E-state index contributed by atoms with van der Waals surface area (Å²) in [6.07, 6.45) is -7.41. The molecule has 1 saturated heterocycles. The molecule has 43 heavy (non-hydrogen) atoms. The summed E-state index contributed by atoms with van der Waals surface area (Å²) < 4.78 is 79.0. The predicted molar refractivity (Wildman–Crippen MR) is 141 cm³/mol. The number of alkyl halides is 6. The maximum absolute atomic E-state index is 13.2. The Balaban J connectivity index is 1.55. The number of amides is 1. The number of nitriles is 1. The number of carbonyl (C=O) groups is 1. The zero-order chi connectivity index (χ0) is 31.9. The third-order valence-corrected chi connectivity index (χ3v) is 6.98. The first kappa shape index (κ1) is 31.6. The van der Waals surface area contributed by atoms with Crippen molar-refractivity contribution in [2.75, 3.05) is 43.1 Å². The van der Waals surface area contributed by atoms with E-state index in [-0.39, 0.29) is 42.8 Å². The van der Waals surface area contributed by atoms with Crippen molar-refractivity contribution >= 4 is 40.7 Å². The van der Waals surface area contributed by atoms with Crippen LogP contribution in [0.25, 0.3) is 0 Å². The lowest BCUT2D eigenvalue weighted by Gasteiger charge is -2.36. The Morgan fingerprint density at radius 2 is 1.53 bits per heavy atom. The highest BCUT2D eigenvalue weighted by molar-refractivity contribution is 6.33. The molecule has 1 amide bonds. The molecular formula is C24H18Cl2F6N8O3. The predicted octanol–water partition coefficient (Wildman–Crippen LogP) is 3.26. The van der Waals surface area contributed by atoms with E-state index in [1.54, 1.807) is 11.0 Å². The van der Waals surface area contributed by atoms with Gasteiger partial charge < -0.3 is 9.80 Å². The fraction of sp³-hybridized carbons (Fsp3) is 0.333. The molecule has 1 aliphatic heterocycles. The van der Waals surface area contributed by atoms with E-state index in [9.17, 15) is 46.0 Å². The molecule has 0 aromatic carbocycles. The first-order chi connectivity index (χ1) is 20.0. The molecule has 228 valence electrons. The van der Waals surface area contributed by atoms with Crippen molar-refractivity contribution in [3.8, 4) is 6.07 Å². The van der Waals surface area contributed by atoms with Gasteiger partial charge in [0.25, 0.3) is 5.56 Å². The highest BCUT2D eigenvalue weighted by Crippen LogP contribution is 2.34. The average Bonchev–Trinajstić information content (AvgIpc) is 2.94. The molecule has 0 radical (unpaired) electrons. The number of carbonyl (C=O) groups excluding carboxylic acids is 1. The molecule has 0 atom stereocenters. The van der Waals surface area contributed by atoms with Crippen molar-refractivity contribution in [1.29, 1.82) is 5.26 Å². The molecule has 1 aliphatic rings. The number of halogens is 8. The Morgan fingerprint density at radius 1 is 0.977 bits per heavy atom. The standard InChI is InChI=1S/C24H18Cl2F6N8O3/c1-36(19-16(25)6-14(9-34-19)23(27,28)29)40-11-13(8-33)21(42)39(22(40)43)12-18(41)37-2-4-38(5-3-37)20-17(26)7-15(10-35-20)24(30,31)32/h6-7,9-11H,2-5,12H2,1H3. The summed E-state index contributed by atoms with van der Waals surface area (Å²) in [7, 11) is 1.19. The van der Waals surface area contributed by atoms with Crippen LogP contribution in [0.2, 0.25) is 10.0 Å². The lowest BCUT2D eigenvalue weighted by Crippen LogP contribution is -2.53. The van der Waals surface area contributed by atoms with Gasteiger partial charge in [0.15, 0.2) is 5.82 Å². The summed E-state index contributed by atoms with van der Waals surface area (Å²) in [6.45, 7) is -0.508. The lowest BCUT2D eigenvalue weighted by molar-refractivity contribution is -0.138. The number of hydrogen-bond acceptors (Lipinski definition) is 8. The summed E-state index contributed by atoms with van der Waals surface area (Å²) >= 11 is 12.0. The largest absolute Gasteiger partial charge is 0.417 e. The maximum Gasteiger partial charge on any atom is 0.417 e. The van der Waals surface area contributed by atoms with Gasteiger partial charge in [-0.1, -0.05) is 23.2 Å². The lowest BCUT2D eigenvalue weighted by atomic mass is 10.2. The second-order valence-corrected chi connectivity index (χ2v) is 9.93. The van der Waals surface area contributed by atoms with Crippen molar-refractivity contribution in [2.45, 2.75) is 18.9 Å². The summed E-state index contributed by atoms with van der Waals surface area (Å²) in [6, 6.07) is 2.93. The van der Waals surface area contributed by atoms with Gasteiger partial charge in [-0.25, -0.2) is 24.0 Å². The molecule has 0 spiro atoms. The summed E-state index contributed by atoms with van der Waals surface area (Å²) in [5, 5.41) is 9.64. The number of piperazine rings is 1. The number of aromatic nitrogens is 4. The van der Waals surface area contributed by atoms with Crippen LogP contribution >= 0.6 is 23.2 Å². The van der Waals surface area contributed by atoms with Gasteiger partial charge in [0, 0.05) is 45.6 Å². The number of rotatable bonds is 5. The molecule has 0 aliphatic carbocycles. The molecule has 19 heteroatoms. The Kier molecular flexibility index (Phi) is 8.65. The number of hydrogen-bond donors (Lipinski definition) is 0. The molecule has 0 N–H and O–H groups in total. The van der Waals surface area contributed by atoms with E-state index in [4.69, 9.17) is 23.2 Å². The van der Waals surface area contributed by atoms with E-state index in [0.717, 1.165) is 17.3 Å². The van der Waals surface area contributed by atoms with E-state index < -0.39 is 57.8 Å². The molecule has 0 saturated carbocycles. The third-order valence-electron chi connectivity index (χ3n) is 6.43. The van der Waals surface area contributed by atoms with Gasteiger partial charge in [-0.05, 0) is 12.1 Å². The van der Waals surface area contributed by atoms with E-state index in [2.05, 4.69) is 9.97 Å². The van der Waals surface area contributed by atoms with Crippen molar-refractivity contribution in [3.05, 3.63) is 78.3 Å². The topological polar surface area (TPSA) is 120 Å². The molecule has 11 nitrogen and oxygen atoms in total. The van der Waals surface area contributed by atoms with Gasteiger partial charge in [-0.3, -0.25) is 14.6 Å². The molecule has 0 unspecified atom stereocenters. The van der Waals surface area contributed by atoms with Gasteiger partial charge >= 0.3 is 18.0 Å². The SMILES string of the molecule is CN(c1ncc(C(F)(F)F)cc1Cl)n1cc(C#N)c(=O)n(CC(=O)N2CCN(c3ncc(C(F)(F)F)cc3Cl)CC2)c1=O. The molecule has 4 rings (SSSR count). The van der Waals surface area contributed by atoms with Crippen molar-refractivity contribution in [1.82, 2.24) is 24.1 Å². The van der Waals surface area contributed by atoms with E-state index in [1.165, 1.54) is 11.9 Å². The van der Waals surface area contributed by atoms with Crippen molar-refractivity contribution in [3.63, 3.8) is 0 Å². The van der Waals surface area contributed by atoms with Crippen LogP contribution < -0.4 is 21.2 Å². The highest BCUT2D eigenvalue weighted by atomic mass is 35.5. The molecule has 1 fully saturated rings. The zero-order valence-corrected chi connectivity index (χ0v) is 23.3.